The largest absolute Gasteiger partial charge is 0.480 e. The first kappa shape index (κ1) is 14.3. The Kier molecular flexibility index (Phi) is 4.15. The Morgan fingerprint density at radius 3 is 2.79 bits per heavy atom. The minimum atomic E-state index is -0.856. The Morgan fingerprint density at radius 2 is 2.37 bits per heavy atom. The smallest absolute Gasteiger partial charge is 0.325 e. The molecule has 1 unspecified atom stereocenters. The third kappa shape index (κ3) is 3.09. The summed E-state index contributed by atoms with van der Waals surface area (Å²) in [5.74, 6) is -0.0796. The summed E-state index contributed by atoms with van der Waals surface area (Å²) in [6.07, 6.45) is 3.58. The highest BCUT2D eigenvalue weighted by atomic mass is 32.2. The van der Waals surface area contributed by atoms with E-state index in [0.717, 1.165) is 18.0 Å². The fraction of sp³-hybridized carbons (Fsp3) is 0.750. The third-order valence-electron chi connectivity index (χ3n) is 3.30. The number of rotatable bonds is 7. The lowest BCUT2D eigenvalue weighted by Crippen LogP contribution is -2.58. The molecule has 1 heterocycles. The number of thioether (sulfide) groups is 1. The number of aromatic nitrogens is 3. The number of aryl methyl sites for hydroxylation is 1. The zero-order valence-electron chi connectivity index (χ0n) is 11.5. The van der Waals surface area contributed by atoms with Crippen molar-refractivity contribution in [2.24, 2.45) is 13.0 Å². The van der Waals surface area contributed by atoms with Gasteiger partial charge >= 0.3 is 5.97 Å². The van der Waals surface area contributed by atoms with Gasteiger partial charge in [-0.25, -0.2) is 0 Å². The molecule has 2 N–H and O–H groups in total. The summed E-state index contributed by atoms with van der Waals surface area (Å²) < 4.78 is 1.81. The van der Waals surface area contributed by atoms with Gasteiger partial charge in [-0.1, -0.05) is 11.8 Å². The van der Waals surface area contributed by atoms with Crippen LogP contribution in [-0.4, -0.2) is 43.2 Å². The van der Waals surface area contributed by atoms with Crippen molar-refractivity contribution in [2.45, 2.75) is 43.4 Å². The molecule has 0 radical (unpaired) electrons. The highest BCUT2D eigenvalue weighted by molar-refractivity contribution is 7.99. The maximum atomic E-state index is 11.8. The van der Waals surface area contributed by atoms with Crippen LogP contribution in [0.25, 0.3) is 0 Å². The Morgan fingerprint density at radius 1 is 1.68 bits per heavy atom. The van der Waals surface area contributed by atoms with E-state index in [0.29, 0.717) is 5.75 Å². The molecule has 0 amide bonds. The Hall–Kier alpha value is -1.08. The zero-order valence-corrected chi connectivity index (χ0v) is 12.3. The molecule has 1 saturated carbocycles. The normalized spacial score (nSPS) is 18.5. The number of nitrogens with one attached hydrogen (secondary N) is 1. The van der Waals surface area contributed by atoms with E-state index < -0.39 is 11.5 Å². The van der Waals surface area contributed by atoms with E-state index in [9.17, 15) is 9.90 Å². The van der Waals surface area contributed by atoms with Crippen molar-refractivity contribution in [1.82, 2.24) is 20.1 Å². The minimum absolute atomic E-state index is 0.136. The molecule has 0 saturated heterocycles. The fourth-order valence-corrected chi connectivity index (χ4v) is 3.40. The molecule has 6 nitrogen and oxygen atoms in total. The summed E-state index contributed by atoms with van der Waals surface area (Å²) in [4.78, 5) is 11.8. The molecular formula is C12H20N4O2S. The molecule has 0 bridgehead atoms. The average Bonchev–Trinajstić information content (AvgIpc) is 3.09. The summed E-state index contributed by atoms with van der Waals surface area (Å²) in [5.41, 5.74) is -0.856. The van der Waals surface area contributed by atoms with E-state index in [1.165, 1.54) is 11.8 Å². The first-order chi connectivity index (χ1) is 8.95. The second kappa shape index (κ2) is 5.50. The lowest BCUT2D eigenvalue weighted by atomic mass is 9.94. The molecule has 2 rings (SSSR count). The zero-order chi connectivity index (χ0) is 14.0. The predicted octanol–water partition coefficient (Wildman–Crippen LogP) is 1.14. The summed E-state index contributed by atoms with van der Waals surface area (Å²) in [7, 11) is 1.86. The van der Waals surface area contributed by atoms with Crippen LogP contribution in [0.3, 0.4) is 0 Å². The van der Waals surface area contributed by atoms with Crippen molar-refractivity contribution >= 4 is 17.7 Å². The SMILES string of the molecule is CC(C)NC(CSc1nncn1C)(C(=O)O)C1CC1. The van der Waals surface area contributed by atoms with Gasteiger partial charge in [0, 0.05) is 18.8 Å². The number of carboxylic acid groups (broad SMARTS) is 1. The van der Waals surface area contributed by atoms with Crippen LogP contribution in [0.2, 0.25) is 0 Å². The van der Waals surface area contributed by atoms with Crippen molar-refractivity contribution in [1.29, 1.82) is 0 Å². The molecule has 0 spiro atoms. The maximum absolute atomic E-state index is 11.8. The number of nitrogens with zero attached hydrogens (tertiary/aromatic N) is 3. The van der Waals surface area contributed by atoms with Crippen molar-refractivity contribution in [2.75, 3.05) is 5.75 Å². The van der Waals surface area contributed by atoms with Crippen LogP contribution < -0.4 is 5.32 Å². The lowest BCUT2D eigenvalue weighted by Gasteiger charge is -2.32. The molecule has 1 aromatic heterocycles. The summed E-state index contributed by atoms with van der Waals surface area (Å²) in [5, 5.41) is 21.5. The van der Waals surface area contributed by atoms with E-state index in [1.807, 2.05) is 20.9 Å². The molecule has 0 aromatic carbocycles. The number of hydrogen-bond donors (Lipinski definition) is 2. The molecular weight excluding hydrogens is 264 g/mol. The van der Waals surface area contributed by atoms with Crippen molar-refractivity contribution in [3.05, 3.63) is 6.33 Å². The molecule has 0 aliphatic heterocycles. The standard InChI is InChI=1S/C12H20N4O2S/c1-8(2)14-12(10(17)18,9-4-5-9)6-19-11-15-13-7-16(11)3/h7-9,14H,4-6H2,1-3H3,(H,17,18). The highest BCUT2D eigenvalue weighted by Gasteiger charge is 2.51. The molecule has 1 aliphatic rings. The van der Waals surface area contributed by atoms with Gasteiger partial charge in [-0.05, 0) is 32.6 Å². The number of hydrogen-bond acceptors (Lipinski definition) is 5. The van der Waals surface area contributed by atoms with Crippen LogP contribution in [0, 0.1) is 5.92 Å². The molecule has 1 aromatic rings. The van der Waals surface area contributed by atoms with E-state index >= 15 is 0 Å². The van der Waals surface area contributed by atoms with E-state index in [4.69, 9.17) is 0 Å². The monoisotopic (exact) mass is 284 g/mol. The molecule has 19 heavy (non-hydrogen) atoms. The minimum Gasteiger partial charge on any atom is -0.480 e. The molecule has 1 atom stereocenters. The third-order valence-corrected chi connectivity index (χ3v) is 4.53. The van der Waals surface area contributed by atoms with Crippen LogP contribution in [0.5, 0.6) is 0 Å². The van der Waals surface area contributed by atoms with Gasteiger partial charge in [0.1, 0.15) is 11.9 Å². The van der Waals surface area contributed by atoms with Crippen LogP contribution >= 0.6 is 11.8 Å². The Bertz CT molecular complexity index is 458. The van der Waals surface area contributed by atoms with E-state index in [2.05, 4.69) is 15.5 Å². The van der Waals surface area contributed by atoms with E-state index in [-0.39, 0.29) is 12.0 Å². The molecule has 106 valence electrons. The van der Waals surface area contributed by atoms with Crippen LogP contribution in [0.15, 0.2) is 11.5 Å². The van der Waals surface area contributed by atoms with Crippen LogP contribution in [-0.2, 0) is 11.8 Å². The topological polar surface area (TPSA) is 80.0 Å². The number of aliphatic carboxylic acids is 1. The highest BCUT2D eigenvalue weighted by Crippen LogP contribution is 2.42. The van der Waals surface area contributed by atoms with E-state index in [1.54, 1.807) is 10.9 Å². The quantitative estimate of drug-likeness (QED) is 0.731. The van der Waals surface area contributed by atoms with Crippen LogP contribution in [0.4, 0.5) is 0 Å². The van der Waals surface area contributed by atoms with Crippen molar-refractivity contribution < 1.29 is 9.90 Å². The number of carbonyl (C=O) groups is 1. The number of carboxylic acids is 1. The van der Waals surface area contributed by atoms with Crippen molar-refractivity contribution in [3.8, 4) is 0 Å². The summed E-state index contributed by atoms with van der Waals surface area (Å²) in [6, 6.07) is 0.136. The second-order valence-corrected chi connectivity index (χ2v) is 6.31. The van der Waals surface area contributed by atoms with Gasteiger partial charge < -0.3 is 9.67 Å². The van der Waals surface area contributed by atoms with Gasteiger partial charge in [-0.15, -0.1) is 10.2 Å². The fourth-order valence-electron chi connectivity index (χ4n) is 2.25. The Labute approximate surface area is 117 Å². The Balaban J connectivity index is 2.13. The molecule has 1 fully saturated rings. The van der Waals surface area contributed by atoms with Crippen molar-refractivity contribution in [3.63, 3.8) is 0 Å². The summed E-state index contributed by atoms with van der Waals surface area (Å²) in [6.45, 7) is 3.96. The van der Waals surface area contributed by atoms with Gasteiger partial charge in [0.2, 0.25) is 0 Å². The maximum Gasteiger partial charge on any atom is 0.325 e. The molecule has 7 heteroatoms. The van der Waals surface area contributed by atoms with Gasteiger partial charge in [0.05, 0.1) is 0 Å². The molecule has 1 aliphatic carbocycles. The van der Waals surface area contributed by atoms with Crippen LogP contribution in [0.1, 0.15) is 26.7 Å². The second-order valence-electron chi connectivity index (χ2n) is 5.36. The lowest BCUT2D eigenvalue weighted by molar-refractivity contribution is -0.145. The first-order valence-electron chi connectivity index (χ1n) is 6.43. The predicted molar refractivity (Wildman–Crippen MR) is 73.1 cm³/mol. The van der Waals surface area contributed by atoms with Gasteiger partial charge in [0.25, 0.3) is 0 Å². The summed E-state index contributed by atoms with van der Waals surface area (Å²) >= 11 is 1.45. The van der Waals surface area contributed by atoms with Gasteiger partial charge in [-0.3, -0.25) is 10.1 Å². The average molecular weight is 284 g/mol. The van der Waals surface area contributed by atoms with Gasteiger partial charge in [-0.2, -0.15) is 0 Å². The first-order valence-corrected chi connectivity index (χ1v) is 7.42. The van der Waals surface area contributed by atoms with Gasteiger partial charge in [0.15, 0.2) is 5.16 Å².